The minimum Gasteiger partial charge on any atom is -0.381 e. The first-order chi connectivity index (χ1) is 7.90. The van der Waals surface area contributed by atoms with Crippen molar-refractivity contribution in [2.75, 3.05) is 26.4 Å². The molecule has 2 unspecified atom stereocenters. The van der Waals surface area contributed by atoms with Crippen LogP contribution in [0.25, 0.3) is 0 Å². The van der Waals surface area contributed by atoms with Gasteiger partial charge in [0.15, 0.2) is 0 Å². The topological polar surface area (TPSA) is 44.5 Å². The van der Waals surface area contributed by atoms with Crippen LogP contribution in [0.2, 0.25) is 0 Å². The predicted molar refractivity (Wildman–Crippen MR) is 63.1 cm³/mol. The summed E-state index contributed by atoms with van der Waals surface area (Å²) in [4.78, 5) is 0. The minimum atomic E-state index is 0.0156. The quantitative estimate of drug-likeness (QED) is 0.823. The van der Waals surface area contributed by atoms with Crippen molar-refractivity contribution >= 4 is 0 Å². The summed E-state index contributed by atoms with van der Waals surface area (Å²) >= 11 is 0. The molecule has 0 saturated carbocycles. The van der Waals surface area contributed by atoms with Gasteiger partial charge in [-0.25, -0.2) is 0 Å². The van der Waals surface area contributed by atoms with Gasteiger partial charge in [0.25, 0.3) is 0 Å². The molecule has 0 radical (unpaired) electrons. The summed E-state index contributed by atoms with van der Waals surface area (Å²) in [6, 6.07) is 10.1. The van der Waals surface area contributed by atoms with Gasteiger partial charge in [-0.3, -0.25) is 0 Å². The van der Waals surface area contributed by atoms with E-state index in [0.29, 0.717) is 12.5 Å². The first-order valence-corrected chi connectivity index (χ1v) is 5.84. The van der Waals surface area contributed by atoms with Crippen LogP contribution >= 0.6 is 0 Å². The Morgan fingerprint density at radius 1 is 1.38 bits per heavy atom. The van der Waals surface area contributed by atoms with E-state index in [2.05, 4.69) is 12.1 Å². The summed E-state index contributed by atoms with van der Waals surface area (Å²) in [7, 11) is 0. The van der Waals surface area contributed by atoms with Crippen molar-refractivity contribution in [1.82, 2.24) is 0 Å². The first kappa shape index (κ1) is 11.6. The summed E-state index contributed by atoms with van der Waals surface area (Å²) in [6.07, 6.45) is 1.12. The van der Waals surface area contributed by atoms with Crippen LogP contribution in [-0.4, -0.2) is 26.4 Å². The smallest absolute Gasteiger partial charge is 0.0947 e. The highest BCUT2D eigenvalue weighted by atomic mass is 16.5. The molecular weight excluding hydrogens is 202 g/mol. The van der Waals surface area contributed by atoms with Crippen molar-refractivity contribution in [2.45, 2.75) is 12.5 Å². The van der Waals surface area contributed by atoms with Crippen LogP contribution in [0.5, 0.6) is 0 Å². The van der Waals surface area contributed by atoms with Gasteiger partial charge in [-0.05, 0) is 12.0 Å². The Balaban J connectivity index is 1.85. The fourth-order valence-electron chi connectivity index (χ4n) is 1.94. The van der Waals surface area contributed by atoms with Gasteiger partial charge in [-0.2, -0.15) is 0 Å². The SMILES string of the molecule is NCC(OCC1CCOC1)c1ccccc1. The van der Waals surface area contributed by atoms with Crippen LogP contribution in [0.15, 0.2) is 30.3 Å². The highest BCUT2D eigenvalue weighted by Crippen LogP contribution is 2.19. The van der Waals surface area contributed by atoms with Gasteiger partial charge in [0.1, 0.15) is 0 Å². The first-order valence-electron chi connectivity index (χ1n) is 5.84. The van der Waals surface area contributed by atoms with E-state index in [4.69, 9.17) is 15.2 Å². The number of rotatable bonds is 5. The maximum atomic E-state index is 5.86. The average Bonchev–Trinajstić information content (AvgIpc) is 2.84. The number of hydrogen-bond acceptors (Lipinski definition) is 3. The lowest BCUT2D eigenvalue weighted by atomic mass is 10.1. The van der Waals surface area contributed by atoms with Crippen molar-refractivity contribution in [1.29, 1.82) is 0 Å². The zero-order valence-electron chi connectivity index (χ0n) is 9.47. The fourth-order valence-corrected chi connectivity index (χ4v) is 1.94. The Bertz CT molecular complexity index is 296. The monoisotopic (exact) mass is 221 g/mol. The van der Waals surface area contributed by atoms with Crippen LogP contribution in [0, 0.1) is 5.92 Å². The van der Waals surface area contributed by atoms with E-state index < -0.39 is 0 Å². The summed E-state index contributed by atoms with van der Waals surface area (Å²) in [5.41, 5.74) is 6.89. The summed E-state index contributed by atoms with van der Waals surface area (Å²) < 4.78 is 11.2. The molecule has 1 aromatic rings. The van der Waals surface area contributed by atoms with Gasteiger partial charge in [0.2, 0.25) is 0 Å². The molecule has 1 fully saturated rings. The predicted octanol–water partition coefficient (Wildman–Crippen LogP) is 1.74. The second-order valence-corrected chi connectivity index (χ2v) is 4.20. The van der Waals surface area contributed by atoms with Gasteiger partial charge in [0.05, 0.1) is 19.3 Å². The van der Waals surface area contributed by atoms with E-state index in [9.17, 15) is 0 Å². The van der Waals surface area contributed by atoms with Gasteiger partial charge >= 0.3 is 0 Å². The largest absolute Gasteiger partial charge is 0.381 e. The molecule has 0 amide bonds. The second-order valence-electron chi connectivity index (χ2n) is 4.20. The standard InChI is InChI=1S/C13H19NO2/c14-8-13(12-4-2-1-3-5-12)16-10-11-6-7-15-9-11/h1-5,11,13H,6-10,14H2. The molecule has 2 rings (SSSR count). The van der Waals surface area contributed by atoms with Crippen molar-refractivity contribution < 1.29 is 9.47 Å². The maximum absolute atomic E-state index is 5.86. The third kappa shape index (κ3) is 3.04. The van der Waals surface area contributed by atoms with E-state index in [0.717, 1.165) is 31.8 Å². The third-order valence-corrected chi connectivity index (χ3v) is 2.94. The summed E-state index contributed by atoms with van der Waals surface area (Å²) in [5, 5.41) is 0. The van der Waals surface area contributed by atoms with Crippen LogP contribution < -0.4 is 5.73 Å². The van der Waals surface area contributed by atoms with Crippen molar-refractivity contribution in [2.24, 2.45) is 11.7 Å². The molecule has 0 spiro atoms. The summed E-state index contributed by atoms with van der Waals surface area (Å²) in [5.74, 6) is 0.540. The van der Waals surface area contributed by atoms with E-state index >= 15 is 0 Å². The molecule has 0 bridgehead atoms. The number of nitrogens with two attached hydrogens (primary N) is 1. The molecule has 16 heavy (non-hydrogen) atoms. The Kier molecular flexibility index (Phi) is 4.34. The van der Waals surface area contributed by atoms with Gasteiger partial charge < -0.3 is 15.2 Å². The van der Waals surface area contributed by atoms with Gasteiger partial charge in [0, 0.05) is 19.1 Å². The van der Waals surface area contributed by atoms with Crippen LogP contribution in [0.3, 0.4) is 0 Å². The maximum Gasteiger partial charge on any atom is 0.0947 e. The Morgan fingerprint density at radius 3 is 2.81 bits per heavy atom. The van der Waals surface area contributed by atoms with E-state index in [1.807, 2.05) is 18.2 Å². The van der Waals surface area contributed by atoms with E-state index in [1.54, 1.807) is 0 Å². The highest BCUT2D eigenvalue weighted by molar-refractivity contribution is 5.17. The summed E-state index contributed by atoms with van der Waals surface area (Å²) in [6.45, 7) is 2.97. The lowest BCUT2D eigenvalue weighted by molar-refractivity contribution is 0.0302. The highest BCUT2D eigenvalue weighted by Gasteiger charge is 2.18. The molecule has 1 aromatic carbocycles. The number of hydrogen-bond donors (Lipinski definition) is 1. The minimum absolute atomic E-state index is 0.0156. The molecule has 1 saturated heterocycles. The molecule has 1 aliphatic rings. The fraction of sp³-hybridized carbons (Fsp3) is 0.538. The molecule has 1 aliphatic heterocycles. The molecule has 3 nitrogen and oxygen atoms in total. The second kappa shape index (κ2) is 5.99. The molecule has 3 heteroatoms. The zero-order valence-corrected chi connectivity index (χ0v) is 9.47. The molecule has 88 valence electrons. The number of benzene rings is 1. The van der Waals surface area contributed by atoms with Crippen molar-refractivity contribution in [3.63, 3.8) is 0 Å². The molecule has 0 aliphatic carbocycles. The van der Waals surface area contributed by atoms with Crippen molar-refractivity contribution in [3.8, 4) is 0 Å². The van der Waals surface area contributed by atoms with E-state index in [1.165, 1.54) is 0 Å². The molecule has 2 N–H and O–H groups in total. The molecule has 1 heterocycles. The molecular formula is C13H19NO2. The third-order valence-electron chi connectivity index (χ3n) is 2.94. The normalized spacial score (nSPS) is 22.2. The van der Waals surface area contributed by atoms with Crippen LogP contribution in [-0.2, 0) is 9.47 Å². The van der Waals surface area contributed by atoms with Crippen LogP contribution in [0.1, 0.15) is 18.1 Å². The lowest BCUT2D eigenvalue weighted by Crippen LogP contribution is -2.19. The van der Waals surface area contributed by atoms with E-state index in [-0.39, 0.29) is 6.10 Å². The zero-order chi connectivity index (χ0) is 11.2. The molecule has 2 atom stereocenters. The molecule has 0 aromatic heterocycles. The van der Waals surface area contributed by atoms with Gasteiger partial charge in [-0.1, -0.05) is 30.3 Å². The Labute approximate surface area is 96.5 Å². The van der Waals surface area contributed by atoms with Crippen molar-refractivity contribution in [3.05, 3.63) is 35.9 Å². The Morgan fingerprint density at radius 2 is 2.19 bits per heavy atom. The average molecular weight is 221 g/mol. The number of ether oxygens (including phenoxy) is 2. The lowest BCUT2D eigenvalue weighted by Gasteiger charge is -2.18. The van der Waals surface area contributed by atoms with Gasteiger partial charge in [-0.15, -0.1) is 0 Å². The van der Waals surface area contributed by atoms with Crippen LogP contribution in [0.4, 0.5) is 0 Å². The Hall–Kier alpha value is -0.900.